The highest BCUT2D eigenvalue weighted by Crippen LogP contribution is 2.34. The summed E-state index contributed by atoms with van der Waals surface area (Å²) in [5.41, 5.74) is 2.56. The van der Waals surface area contributed by atoms with Crippen LogP contribution in [0.2, 0.25) is 0 Å². The molecule has 3 aromatic rings. The number of rotatable bonds is 7. The van der Waals surface area contributed by atoms with Gasteiger partial charge < -0.3 is 10.6 Å². The van der Waals surface area contributed by atoms with Crippen LogP contribution in [0, 0.1) is 11.3 Å². The van der Waals surface area contributed by atoms with Crippen LogP contribution in [-0.4, -0.2) is 28.4 Å². The first-order chi connectivity index (χ1) is 15.1. The molecule has 1 fully saturated rings. The van der Waals surface area contributed by atoms with Gasteiger partial charge in [-0.25, -0.2) is 0 Å². The van der Waals surface area contributed by atoms with Gasteiger partial charge in [0.25, 0.3) is 5.91 Å². The number of benzene rings is 2. The third-order valence-corrected chi connectivity index (χ3v) is 5.37. The Hall–Kier alpha value is -3.98. The molecule has 0 spiro atoms. The van der Waals surface area contributed by atoms with Crippen LogP contribution in [0.3, 0.4) is 0 Å². The van der Waals surface area contributed by atoms with Crippen molar-refractivity contribution in [2.75, 3.05) is 0 Å². The van der Waals surface area contributed by atoms with Gasteiger partial charge in [0, 0.05) is 24.4 Å². The third-order valence-electron chi connectivity index (χ3n) is 5.37. The van der Waals surface area contributed by atoms with Crippen molar-refractivity contribution in [3.05, 3.63) is 90.3 Å². The summed E-state index contributed by atoms with van der Waals surface area (Å²) >= 11 is 0. The Labute approximate surface area is 180 Å². The quantitative estimate of drug-likeness (QED) is 0.625. The summed E-state index contributed by atoms with van der Waals surface area (Å²) in [6.07, 6.45) is 4.86. The van der Waals surface area contributed by atoms with Crippen molar-refractivity contribution in [2.24, 2.45) is 0 Å². The Morgan fingerprint density at radius 3 is 2.32 bits per heavy atom. The molecule has 2 amide bonds. The number of amides is 2. The van der Waals surface area contributed by atoms with Crippen molar-refractivity contribution in [1.29, 1.82) is 5.26 Å². The summed E-state index contributed by atoms with van der Waals surface area (Å²) in [5.74, 6) is -0.706. The van der Waals surface area contributed by atoms with Crippen LogP contribution in [0.15, 0.2) is 79.1 Å². The molecule has 2 aromatic carbocycles. The lowest BCUT2D eigenvalue weighted by Gasteiger charge is -2.20. The molecule has 0 aliphatic heterocycles. The first-order valence-electron chi connectivity index (χ1n) is 10.2. The van der Waals surface area contributed by atoms with Gasteiger partial charge in [-0.3, -0.25) is 14.6 Å². The molecule has 1 heterocycles. The zero-order chi connectivity index (χ0) is 21.7. The summed E-state index contributed by atoms with van der Waals surface area (Å²) in [6, 6.07) is 22.1. The second kappa shape index (κ2) is 8.80. The van der Waals surface area contributed by atoms with E-state index < -0.39 is 11.6 Å². The highest BCUT2D eigenvalue weighted by Gasteiger charge is 2.45. The van der Waals surface area contributed by atoms with Crippen molar-refractivity contribution in [1.82, 2.24) is 15.6 Å². The van der Waals surface area contributed by atoms with E-state index in [4.69, 9.17) is 0 Å². The molecule has 31 heavy (non-hydrogen) atoms. The van der Waals surface area contributed by atoms with Gasteiger partial charge in [-0.1, -0.05) is 48.5 Å². The maximum Gasteiger partial charge on any atom is 0.251 e. The smallest absolute Gasteiger partial charge is 0.251 e. The van der Waals surface area contributed by atoms with Crippen molar-refractivity contribution in [2.45, 2.75) is 30.8 Å². The van der Waals surface area contributed by atoms with Gasteiger partial charge in [0.15, 0.2) is 0 Å². The predicted octanol–water partition coefficient (Wildman–Crippen LogP) is 3.26. The normalized spacial score (nSPS) is 14.7. The highest BCUT2D eigenvalue weighted by atomic mass is 16.2. The number of hydrogen-bond donors (Lipinski definition) is 2. The summed E-state index contributed by atoms with van der Waals surface area (Å²) in [4.78, 5) is 29.8. The Morgan fingerprint density at radius 2 is 1.71 bits per heavy atom. The van der Waals surface area contributed by atoms with Gasteiger partial charge in [0.1, 0.15) is 11.6 Å². The standard InChI is InChI=1S/C25H22N4O2/c26-17-25(12-13-25)29-24(31)22(15-18-5-4-14-27-16-18)28-23(30)21-10-8-20(9-11-21)19-6-2-1-3-7-19/h1-11,14,16,22H,12-13,15H2,(H,28,30)(H,29,31)/t22-/m0/s1. The van der Waals surface area contributed by atoms with Crippen LogP contribution in [0.4, 0.5) is 0 Å². The second-order valence-electron chi connectivity index (χ2n) is 7.72. The lowest BCUT2D eigenvalue weighted by Crippen LogP contribution is -2.51. The lowest BCUT2D eigenvalue weighted by atomic mass is 10.0. The molecule has 0 radical (unpaired) electrons. The molecule has 1 aliphatic rings. The first-order valence-corrected chi connectivity index (χ1v) is 10.2. The Kier molecular flexibility index (Phi) is 5.76. The summed E-state index contributed by atoms with van der Waals surface area (Å²) in [5, 5.41) is 14.9. The molecule has 0 saturated heterocycles. The van der Waals surface area contributed by atoms with E-state index in [1.807, 2.05) is 48.5 Å². The molecule has 6 nitrogen and oxygen atoms in total. The van der Waals surface area contributed by atoms with Gasteiger partial charge in [-0.15, -0.1) is 0 Å². The van der Waals surface area contributed by atoms with Crippen LogP contribution in [0.5, 0.6) is 0 Å². The van der Waals surface area contributed by atoms with Crippen molar-refractivity contribution in [3.8, 4) is 17.2 Å². The number of nitrogens with zero attached hydrogens (tertiary/aromatic N) is 2. The molecule has 1 saturated carbocycles. The largest absolute Gasteiger partial charge is 0.340 e. The average molecular weight is 410 g/mol. The van der Waals surface area contributed by atoms with E-state index in [1.54, 1.807) is 30.6 Å². The number of hydrogen-bond acceptors (Lipinski definition) is 4. The van der Waals surface area contributed by atoms with Gasteiger partial charge in [-0.05, 0) is 47.7 Å². The van der Waals surface area contributed by atoms with Crippen LogP contribution in [0.25, 0.3) is 11.1 Å². The molecular weight excluding hydrogens is 388 g/mol. The van der Waals surface area contributed by atoms with Crippen molar-refractivity contribution < 1.29 is 9.59 Å². The minimum absolute atomic E-state index is 0.287. The number of nitrogens with one attached hydrogen (secondary N) is 2. The molecule has 0 unspecified atom stereocenters. The van der Waals surface area contributed by atoms with E-state index in [-0.39, 0.29) is 18.2 Å². The number of pyridine rings is 1. The van der Waals surface area contributed by atoms with Gasteiger partial charge in [0.2, 0.25) is 5.91 Å². The van der Waals surface area contributed by atoms with E-state index in [0.717, 1.165) is 16.7 Å². The third kappa shape index (κ3) is 4.96. The highest BCUT2D eigenvalue weighted by molar-refractivity contribution is 5.98. The van der Waals surface area contributed by atoms with Crippen LogP contribution in [-0.2, 0) is 11.2 Å². The van der Waals surface area contributed by atoms with E-state index in [9.17, 15) is 14.9 Å². The molecule has 0 bridgehead atoms. The average Bonchev–Trinajstić information content (AvgIpc) is 3.60. The number of carbonyl (C=O) groups is 2. The molecule has 1 aromatic heterocycles. The minimum Gasteiger partial charge on any atom is -0.340 e. The molecule has 1 aliphatic carbocycles. The monoisotopic (exact) mass is 410 g/mol. The lowest BCUT2D eigenvalue weighted by molar-refractivity contribution is -0.123. The van der Waals surface area contributed by atoms with Crippen LogP contribution < -0.4 is 10.6 Å². The predicted molar refractivity (Wildman–Crippen MR) is 117 cm³/mol. The van der Waals surface area contributed by atoms with Gasteiger partial charge in [-0.2, -0.15) is 5.26 Å². The van der Waals surface area contributed by atoms with E-state index >= 15 is 0 Å². The van der Waals surface area contributed by atoms with Crippen molar-refractivity contribution >= 4 is 11.8 Å². The summed E-state index contributed by atoms with van der Waals surface area (Å²) in [6.45, 7) is 0. The maximum atomic E-state index is 12.9. The van der Waals surface area contributed by atoms with Crippen molar-refractivity contribution in [3.63, 3.8) is 0 Å². The van der Waals surface area contributed by atoms with E-state index in [0.29, 0.717) is 18.4 Å². The maximum absolute atomic E-state index is 12.9. The molecular formula is C25H22N4O2. The molecule has 6 heteroatoms. The molecule has 4 rings (SSSR count). The fraction of sp³-hybridized carbons (Fsp3) is 0.200. The fourth-order valence-corrected chi connectivity index (χ4v) is 3.36. The van der Waals surface area contributed by atoms with E-state index in [2.05, 4.69) is 21.7 Å². The number of carbonyl (C=O) groups excluding carboxylic acids is 2. The molecule has 1 atom stereocenters. The summed E-state index contributed by atoms with van der Waals surface area (Å²) < 4.78 is 0. The van der Waals surface area contributed by atoms with E-state index in [1.165, 1.54) is 0 Å². The van der Waals surface area contributed by atoms with Crippen LogP contribution >= 0.6 is 0 Å². The number of aromatic nitrogens is 1. The fourth-order valence-electron chi connectivity index (χ4n) is 3.36. The van der Waals surface area contributed by atoms with Gasteiger partial charge in [0.05, 0.1) is 6.07 Å². The Balaban J connectivity index is 1.49. The molecule has 2 N–H and O–H groups in total. The first kappa shape index (κ1) is 20.3. The second-order valence-corrected chi connectivity index (χ2v) is 7.72. The Bertz CT molecular complexity index is 1100. The van der Waals surface area contributed by atoms with Gasteiger partial charge >= 0.3 is 0 Å². The zero-order valence-electron chi connectivity index (χ0n) is 16.9. The number of nitriles is 1. The SMILES string of the molecule is N#CC1(NC(=O)[C@H](Cc2cccnc2)NC(=O)c2ccc(-c3ccccc3)cc2)CC1. The molecule has 154 valence electrons. The topological polar surface area (TPSA) is 94.9 Å². The minimum atomic E-state index is -0.809. The summed E-state index contributed by atoms with van der Waals surface area (Å²) in [7, 11) is 0. The zero-order valence-corrected chi connectivity index (χ0v) is 16.9. The van der Waals surface area contributed by atoms with Crippen LogP contribution in [0.1, 0.15) is 28.8 Å². The Morgan fingerprint density at radius 1 is 1.00 bits per heavy atom.